The summed E-state index contributed by atoms with van der Waals surface area (Å²) in [5.41, 5.74) is 5.34. The van der Waals surface area contributed by atoms with E-state index in [0.29, 0.717) is 5.56 Å². The monoisotopic (exact) mass is 396 g/mol. The summed E-state index contributed by atoms with van der Waals surface area (Å²) < 4.78 is 1.66. The molecule has 0 fully saturated rings. The molecular weight excluding hydrogens is 376 g/mol. The maximum atomic E-state index is 12.1. The van der Waals surface area contributed by atoms with Crippen LogP contribution in [0, 0.1) is 0 Å². The lowest BCUT2D eigenvalue weighted by atomic mass is 10.2. The van der Waals surface area contributed by atoms with Gasteiger partial charge >= 0.3 is 0 Å². The second kappa shape index (κ2) is 10.4. The number of carbonyl (C=O) groups excluding carboxylic acids is 2. The summed E-state index contributed by atoms with van der Waals surface area (Å²) >= 11 is 4.50. The fraction of sp³-hybridized carbons (Fsp3) is 0.375. The molecule has 1 atom stereocenters. The van der Waals surface area contributed by atoms with Crippen LogP contribution in [0.25, 0.3) is 0 Å². The molecule has 0 aliphatic carbocycles. The van der Waals surface area contributed by atoms with Gasteiger partial charge in [-0.25, -0.2) is 0 Å². The Balaban J connectivity index is 1.77. The lowest BCUT2D eigenvalue weighted by molar-refractivity contribution is -0.121. The Morgan fingerprint density at radius 1 is 1.16 bits per heavy atom. The summed E-state index contributed by atoms with van der Waals surface area (Å²) in [6.45, 7) is 3.92. The fourth-order valence-electron chi connectivity index (χ4n) is 1.69. The van der Waals surface area contributed by atoms with E-state index in [1.165, 1.54) is 23.1 Å². The van der Waals surface area contributed by atoms with Crippen molar-refractivity contribution in [3.8, 4) is 0 Å². The highest BCUT2D eigenvalue weighted by atomic mass is 32.2. The van der Waals surface area contributed by atoms with Gasteiger partial charge in [-0.05, 0) is 25.5 Å². The maximum Gasteiger partial charge on any atom is 0.269 e. The first-order valence-electron chi connectivity index (χ1n) is 7.88. The Bertz CT molecular complexity index is 694. The second-order valence-electron chi connectivity index (χ2n) is 5.11. The first-order valence-corrected chi connectivity index (χ1v) is 10.6. The Morgan fingerprint density at radius 2 is 1.88 bits per heavy atom. The van der Waals surface area contributed by atoms with Gasteiger partial charge in [0.15, 0.2) is 8.68 Å². The maximum absolute atomic E-state index is 12.1. The summed E-state index contributed by atoms with van der Waals surface area (Å²) in [4.78, 5) is 24.0. The summed E-state index contributed by atoms with van der Waals surface area (Å²) in [5.74, 6) is 0.388. The molecule has 2 N–H and O–H groups in total. The molecule has 1 heterocycles. The summed E-state index contributed by atoms with van der Waals surface area (Å²) in [6, 6.07) is 8.71. The second-order valence-corrected chi connectivity index (χ2v) is 9.01. The predicted octanol–water partition coefficient (Wildman–Crippen LogP) is 3.37. The highest BCUT2D eigenvalue weighted by Gasteiger charge is 2.18. The lowest BCUT2D eigenvalue weighted by Gasteiger charge is -2.11. The molecule has 0 saturated heterocycles. The van der Waals surface area contributed by atoms with Gasteiger partial charge in [0.25, 0.3) is 11.8 Å². The van der Waals surface area contributed by atoms with Gasteiger partial charge in [-0.3, -0.25) is 20.4 Å². The van der Waals surface area contributed by atoms with Gasteiger partial charge < -0.3 is 0 Å². The zero-order valence-corrected chi connectivity index (χ0v) is 16.5. The number of benzene rings is 1. The van der Waals surface area contributed by atoms with Crippen molar-refractivity contribution in [1.82, 2.24) is 21.0 Å². The van der Waals surface area contributed by atoms with Crippen LogP contribution in [0.2, 0.25) is 0 Å². The molecule has 2 aromatic rings. The molecule has 134 valence electrons. The number of hydrogen-bond acceptors (Lipinski definition) is 7. The van der Waals surface area contributed by atoms with Crippen LogP contribution in [-0.4, -0.2) is 33.0 Å². The molecule has 0 aliphatic heterocycles. The van der Waals surface area contributed by atoms with Crippen LogP contribution < -0.4 is 10.9 Å². The van der Waals surface area contributed by atoms with E-state index in [1.807, 2.05) is 6.07 Å². The average Bonchev–Trinajstić information content (AvgIpc) is 3.07. The van der Waals surface area contributed by atoms with E-state index in [2.05, 4.69) is 28.0 Å². The van der Waals surface area contributed by atoms with Crippen molar-refractivity contribution < 1.29 is 9.59 Å². The Kier molecular flexibility index (Phi) is 8.23. The van der Waals surface area contributed by atoms with E-state index in [1.54, 1.807) is 43.0 Å². The third kappa shape index (κ3) is 6.68. The number of aromatic nitrogens is 2. The van der Waals surface area contributed by atoms with Crippen molar-refractivity contribution >= 4 is 46.7 Å². The van der Waals surface area contributed by atoms with E-state index in [-0.39, 0.29) is 11.8 Å². The van der Waals surface area contributed by atoms with Crippen LogP contribution in [0.4, 0.5) is 0 Å². The molecule has 0 unspecified atom stereocenters. The number of carbonyl (C=O) groups is 2. The van der Waals surface area contributed by atoms with E-state index in [9.17, 15) is 9.59 Å². The number of rotatable bonds is 8. The molecule has 0 bridgehead atoms. The molecular formula is C16H20N4O2S3. The third-order valence-corrected chi connectivity index (χ3v) is 6.42. The summed E-state index contributed by atoms with van der Waals surface area (Å²) in [6.07, 6.45) is 2.30. The molecule has 0 aliphatic rings. The van der Waals surface area contributed by atoms with Crippen LogP contribution >= 0.6 is 34.9 Å². The van der Waals surface area contributed by atoms with E-state index in [4.69, 9.17) is 0 Å². The molecule has 2 amide bonds. The third-order valence-electron chi connectivity index (χ3n) is 3.09. The number of nitrogens with zero attached hydrogens (tertiary/aromatic N) is 2. The van der Waals surface area contributed by atoms with Gasteiger partial charge in [0.2, 0.25) is 0 Å². The molecule has 0 saturated carbocycles. The van der Waals surface area contributed by atoms with Gasteiger partial charge in [0, 0.05) is 11.3 Å². The van der Waals surface area contributed by atoms with Crippen molar-refractivity contribution in [2.45, 2.75) is 40.6 Å². The zero-order chi connectivity index (χ0) is 18.1. The minimum absolute atomic E-state index is 0.287. The largest absolute Gasteiger partial charge is 0.272 e. The van der Waals surface area contributed by atoms with Crippen LogP contribution in [0.15, 0.2) is 39.0 Å². The number of hydrogen-bond donors (Lipinski definition) is 2. The van der Waals surface area contributed by atoms with Crippen molar-refractivity contribution in [2.75, 3.05) is 5.75 Å². The fourth-order valence-corrected chi connectivity index (χ4v) is 5.01. The lowest BCUT2D eigenvalue weighted by Crippen LogP contribution is -2.44. The number of unbranched alkanes of at least 4 members (excludes halogenated alkanes) is 1. The van der Waals surface area contributed by atoms with Crippen molar-refractivity contribution in [1.29, 1.82) is 0 Å². The van der Waals surface area contributed by atoms with E-state index >= 15 is 0 Å². The van der Waals surface area contributed by atoms with Crippen LogP contribution in [-0.2, 0) is 4.79 Å². The molecule has 9 heteroatoms. The van der Waals surface area contributed by atoms with Gasteiger partial charge in [-0.1, -0.05) is 66.4 Å². The first kappa shape index (κ1) is 19.7. The topological polar surface area (TPSA) is 84.0 Å². The first-order chi connectivity index (χ1) is 12.1. The smallest absolute Gasteiger partial charge is 0.269 e. The van der Waals surface area contributed by atoms with E-state index in [0.717, 1.165) is 27.3 Å². The normalized spacial score (nSPS) is 11.8. The Hall–Kier alpha value is -1.58. The van der Waals surface area contributed by atoms with Crippen LogP contribution in [0.3, 0.4) is 0 Å². The van der Waals surface area contributed by atoms with Crippen molar-refractivity contribution in [3.63, 3.8) is 0 Å². The molecule has 1 aromatic heterocycles. The minimum atomic E-state index is -0.391. The van der Waals surface area contributed by atoms with Gasteiger partial charge in [0.05, 0.1) is 5.25 Å². The quantitative estimate of drug-likeness (QED) is 0.404. The van der Waals surface area contributed by atoms with Gasteiger partial charge in [-0.2, -0.15) is 0 Å². The number of thioether (sulfide) groups is 2. The molecule has 0 spiro atoms. The molecule has 1 aromatic carbocycles. The highest BCUT2D eigenvalue weighted by molar-refractivity contribution is 8.03. The number of amides is 2. The molecule has 25 heavy (non-hydrogen) atoms. The van der Waals surface area contributed by atoms with Crippen molar-refractivity contribution in [2.24, 2.45) is 0 Å². The molecule has 6 nitrogen and oxygen atoms in total. The van der Waals surface area contributed by atoms with Gasteiger partial charge in [-0.15, -0.1) is 10.2 Å². The summed E-state index contributed by atoms with van der Waals surface area (Å²) in [7, 11) is 0. The Labute approximate surface area is 159 Å². The molecule has 0 radical (unpaired) electrons. The van der Waals surface area contributed by atoms with E-state index < -0.39 is 5.25 Å². The van der Waals surface area contributed by atoms with Crippen LogP contribution in [0.1, 0.15) is 37.0 Å². The Morgan fingerprint density at radius 3 is 2.60 bits per heavy atom. The highest BCUT2D eigenvalue weighted by Crippen LogP contribution is 2.31. The average molecular weight is 397 g/mol. The molecule has 2 rings (SSSR count). The summed E-state index contributed by atoms with van der Waals surface area (Å²) in [5, 5.41) is 7.84. The SMILES string of the molecule is CCCCSc1nnc(S[C@H](C)C(=O)NNC(=O)c2ccccc2)s1. The minimum Gasteiger partial charge on any atom is -0.272 e. The predicted molar refractivity (Wildman–Crippen MR) is 103 cm³/mol. The zero-order valence-electron chi connectivity index (χ0n) is 14.0. The standard InChI is InChI=1S/C16H20N4O2S3/c1-3-4-10-23-15-19-20-16(25-15)24-11(2)13(21)17-18-14(22)12-8-6-5-7-9-12/h5-9,11H,3-4,10H2,1-2H3,(H,17,21)(H,18,22)/t11-/m1/s1. The number of nitrogens with one attached hydrogen (secondary N) is 2. The van der Waals surface area contributed by atoms with Crippen LogP contribution in [0.5, 0.6) is 0 Å². The van der Waals surface area contributed by atoms with Crippen molar-refractivity contribution in [3.05, 3.63) is 35.9 Å². The van der Waals surface area contributed by atoms with Gasteiger partial charge in [0.1, 0.15) is 0 Å². The number of hydrazine groups is 1.